The molecule has 2 aromatic carbocycles. The van der Waals surface area contributed by atoms with Crippen molar-refractivity contribution >= 4 is 11.6 Å². The number of rotatable bonds is 5. The van der Waals surface area contributed by atoms with Crippen molar-refractivity contribution in [2.75, 3.05) is 5.32 Å². The topological polar surface area (TPSA) is 38.3 Å². The van der Waals surface area contributed by atoms with Crippen LogP contribution in [-0.4, -0.2) is 12.0 Å². The molecule has 0 saturated carbocycles. The summed E-state index contributed by atoms with van der Waals surface area (Å²) >= 11 is 0. The maximum absolute atomic E-state index is 13.1. The van der Waals surface area contributed by atoms with Crippen LogP contribution in [0.3, 0.4) is 0 Å². The van der Waals surface area contributed by atoms with Crippen LogP contribution in [0.2, 0.25) is 0 Å². The Morgan fingerprint density at radius 2 is 1.91 bits per heavy atom. The number of hydrogen-bond donors (Lipinski definition) is 1. The van der Waals surface area contributed by atoms with E-state index in [2.05, 4.69) is 5.32 Å². The molecule has 0 aliphatic rings. The predicted octanol–water partition coefficient (Wildman–Crippen LogP) is 3.93. The van der Waals surface area contributed by atoms with E-state index in [1.54, 1.807) is 13.0 Å². The Morgan fingerprint density at radius 3 is 2.59 bits per heavy atom. The Kier molecular flexibility index (Phi) is 5.09. The van der Waals surface area contributed by atoms with Crippen molar-refractivity contribution in [3.05, 3.63) is 59.7 Å². The van der Waals surface area contributed by atoms with Gasteiger partial charge in [-0.05, 0) is 37.1 Å². The minimum absolute atomic E-state index is 0.102. The second kappa shape index (κ2) is 7.02. The Bertz CT molecular complexity index is 673. The Morgan fingerprint density at radius 1 is 1.18 bits per heavy atom. The highest BCUT2D eigenvalue weighted by Crippen LogP contribution is 2.19. The molecule has 0 spiro atoms. The molecule has 0 heterocycles. The first-order valence-electron chi connectivity index (χ1n) is 7.01. The number of carbonyl (C=O) groups is 1. The lowest BCUT2D eigenvalue weighted by Gasteiger charge is -2.16. The van der Waals surface area contributed by atoms with E-state index >= 15 is 0 Å². The quantitative estimate of drug-likeness (QED) is 0.909. The van der Waals surface area contributed by atoms with Crippen molar-refractivity contribution in [3.8, 4) is 5.75 Å². The monoisotopic (exact) mass is 305 g/mol. The zero-order valence-electron chi connectivity index (χ0n) is 12.4. The van der Waals surface area contributed by atoms with Gasteiger partial charge in [0.05, 0.1) is 0 Å². The molecule has 116 valence electrons. The summed E-state index contributed by atoms with van der Waals surface area (Å²) in [4.78, 5) is 12.1. The molecule has 1 N–H and O–H groups in total. The van der Waals surface area contributed by atoms with Crippen LogP contribution in [0.15, 0.2) is 42.5 Å². The molecule has 0 fully saturated rings. The Balaban J connectivity index is 2.04. The van der Waals surface area contributed by atoms with E-state index < -0.39 is 17.7 Å². The number of halogens is 2. The second-order valence-corrected chi connectivity index (χ2v) is 4.84. The first-order valence-corrected chi connectivity index (χ1v) is 7.01. The van der Waals surface area contributed by atoms with Crippen LogP contribution in [0.1, 0.15) is 19.4 Å². The highest BCUT2D eigenvalue weighted by atomic mass is 19.2. The van der Waals surface area contributed by atoms with Gasteiger partial charge in [-0.25, -0.2) is 8.78 Å². The Hall–Kier alpha value is -2.43. The average Bonchev–Trinajstić information content (AvgIpc) is 2.51. The summed E-state index contributed by atoms with van der Waals surface area (Å²) in [5, 5.41) is 2.78. The fourth-order valence-electron chi connectivity index (χ4n) is 1.99. The largest absolute Gasteiger partial charge is 0.481 e. The van der Waals surface area contributed by atoms with E-state index in [0.29, 0.717) is 0 Å². The second-order valence-electron chi connectivity index (χ2n) is 4.84. The lowest BCUT2D eigenvalue weighted by atomic mass is 10.1. The fraction of sp³-hybridized carbons (Fsp3) is 0.235. The summed E-state index contributed by atoms with van der Waals surface area (Å²) in [6.45, 7) is 3.54. The van der Waals surface area contributed by atoms with Crippen LogP contribution in [0.25, 0.3) is 0 Å². The predicted molar refractivity (Wildman–Crippen MR) is 80.9 cm³/mol. The van der Waals surface area contributed by atoms with E-state index in [9.17, 15) is 13.6 Å². The van der Waals surface area contributed by atoms with Gasteiger partial charge in [-0.3, -0.25) is 4.79 Å². The minimum Gasteiger partial charge on any atom is -0.481 e. The van der Waals surface area contributed by atoms with Crippen molar-refractivity contribution in [1.29, 1.82) is 0 Å². The molecule has 0 aliphatic carbocycles. The molecule has 1 atom stereocenters. The van der Waals surface area contributed by atoms with E-state index in [4.69, 9.17) is 4.74 Å². The van der Waals surface area contributed by atoms with Crippen LogP contribution < -0.4 is 10.1 Å². The van der Waals surface area contributed by atoms with Gasteiger partial charge in [0.2, 0.25) is 0 Å². The third-order valence-corrected chi connectivity index (χ3v) is 3.23. The standard InChI is InChI=1S/C17H17F2NO2/c1-3-12-6-4-5-7-16(12)20-17(21)11(2)22-13-8-9-14(18)15(19)10-13/h4-11H,3H2,1-2H3,(H,20,21). The minimum atomic E-state index is -1.01. The zero-order valence-corrected chi connectivity index (χ0v) is 12.4. The van der Waals surface area contributed by atoms with Gasteiger partial charge in [0.25, 0.3) is 5.91 Å². The maximum Gasteiger partial charge on any atom is 0.265 e. The third kappa shape index (κ3) is 3.81. The summed E-state index contributed by atoms with van der Waals surface area (Å²) < 4.78 is 31.3. The molecule has 0 saturated heterocycles. The lowest BCUT2D eigenvalue weighted by molar-refractivity contribution is -0.122. The van der Waals surface area contributed by atoms with E-state index in [-0.39, 0.29) is 11.7 Å². The number of para-hydroxylation sites is 1. The first-order chi connectivity index (χ1) is 10.5. The number of carbonyl (C=O) groups excluding carboxylic acids is 1. The fourth-order valence-corrected chi connectivity index (χ4v) is 1.99. The average molecular weight is 305 g/mol. The van der Waals surface area contributed by atoms with Gasteiger partial charge in [-0.1, -0.05) is 25.1 Å². The van der Waals surface area contributed by atoms with E-state index in [1.165, 1.54) is 6.07 Å². The van der Waals surface area contributed by atoms with Crippen LogP contribution >= 0.6 is 0 Å². The van der Waals surface area contributed by atoms with Gasteiger partial charge < -0.3 is 10.1 Å². The highest BCUT2D eigenvalue weighted by molar-refractivity contribution is 5.94. The molecule has 0 radical (unpaired) electrons. The maximum atomic E-state index is 13.1. The van der Waals surface area contributed by atoms with Crippen molar-refractivity contribution in [1.82, 2.24) is 0 Å². The van der Waals surface area contributed by atoms with Crippen molar-refractivity contribution in [2.45, 2.75) is 26.4 Å². The lowest BCUT2D eigenvalue weighted by Crippen LogP contribution is -2.30. The molecular formula is C17H17F2NO2. The molecule has 5 heteroatoms. The summed E-state index contributed by atoms with van der Waals surface area (Å²) in [5.41, 5.74) is 1.73. The van der Waals surface area contributed by atoms with E-state index in [0.717, 1.165) is 29.8 Å². The summed E-state index contributed by atoms with van der Waals surface area (Å²) in [5.74, 6) is -2.22. The molecular weight excluding hydrogens is 288 g/mol. The van der Waals surface area contributed by atoms with Gasteiger partial charge in [0.15, 0.2) is 17.7 Å². The third-order valence-electron chi connectivity index (χ3n) is 3.23. The van der Waals surface area contributed by atoms with Crippen molar-refractivity contribution in [3.63, 3.8) is 0 Å². The molecule has 22 heavy (non-hydrogen) atoms. The molecule has 1 unspecified atom stereocenters. The van der Waals surface area contributed by atoms with Crippen LogP contribution in [0.4, 0.5) is 14.5 Å². The first kappa shape index (κ1) is 15.9. The van der Waals surface area contributed by atoms with Crippen LogP contribution in [0, 0.1) is 11.6 Å². The van der Waals surface area contributed by atoms with Crippen molar-refractivity contribution in [2.24, 2.45) is 0 Å². The Labute approximate surface area is 127 Å². The van der Waals surface area contributed by atoms with Crippen LogP contribution in [0.5, 0.6) is 5.75 Å². The number of anilines is 1. The molecule has 1 amide bonds. The van der Waals surface area contributed by atoms with E-state index in [1.807, 2.05) is 25.1 Å². The normalized spacial score (nSPS) is 11.8. The summed E-state index contributed by atoms with van der Waals surface area (Å²) in [6.07, 6.45) is -0.0516. The molecule has 2 rings (SSSR count). The van der Waals surface area contributed by atoms with Gasteiger partial charge in [0, 0.05) is 11.8 Å². The smallest absolute Gasteiger partial charge is 0.265 e. The van der Waals surface area contributed by atoms with Gasteiger partial charge in [-0.2, -0.15) is 0 Å². The number of amides is 1. The van der Waals surface area contributed by atoms with Gasteiger partial charge in [0.1, 0.15) is 5.75 Å². The number of benzene rings is 2. The molecule has 2 aromatic rings. The number of ether oxygens (including phenoxy) is 1. The number of nitrogens with one attached hydrogen (secondary N) is 1. The molecule has 0 bridgehead atoms. The zero-order chi connectivity index (χ0) is 16.1. The van der Waals surface area contributed by atoms with Gasteiger partial charge >= 0.3 is 0 Å². The molecule has 0 aromatic heterocycles. The molecule has 3 nitrogen and oxygen atoms in total. The molecule has 0 aliphatic heterocycles. The van der Waals surface area contributed by atoms with Crippen molar-refractivity contribution < 1.29 is 18.3 Å². The van der Waals surface area contributed by atoms with Crippen LogP contribution in [-0.2, 0) is 11.2 Å². The van der Waals surface area contributed by atoms with Gasteiger partial charge in [-0.15, -0.1) is 0 Å². The SMILES string of the molecule is CCc1ccccc1NC(=O)C(C)Oc1ccc(F)c(F)c1. The highest BCUT2D eigenvalue weighted by Gasteiger charge is 2.16. The summed E-state index contributed by atoms with van der Waals surface area (Å²) in [7, 11) is 0. The number of hydrogen-bond acceptors (Lipinski definition) is 2. The number of aryl methyl sites for hydroxylation is 1. The summed E-state index contributed by atoms with van der Waals surface area (Å²) in [6, 6.07) is 10.6.